The van der Waals surface area contributed by atoms with Gasteiger partial charge in [0.1, 0.15) is 0 Å². The van der Waals surface area contributed by atoms with E-state index in [1.807, 2.05) is 43.3 Å². The third-order valence-electron chi connectivity index (χ3n) is 6.30. The number of carbonyl (C=O) groups excluding carboxylic acids is 2. The topological polar surface area (TPSA) is 58.2 Å². The summed E-state index contributed by atoms with van der Waals surface area (Å²) in [6.07, 6.45) is 5.32. The smallest absolute Gasteiger partial charge is 0.262 e. The summed E-state index contributed by atoms with van der Waals surface area (Å²) in [5.41, 5.74) is 3.45. The minimum absolute atomic E-state index is 0.0656. The Morgan fingerprint density at radius 3 is 2.80 bits per heavy atom. The Kier molecular flexibility index (Phi) is 6.00. The van der Waals surface area contributed by atoms with Crippen LogP contribution in [0.4, 0.5) is 5.69 Å². The van der Waals surface area contributed by atoms with Gasteiger partial charge in [0.05, 0.1) is 10.6 Å². The summed E-state index contributed by atoms with van der Waals surface area (Å²) in [5.74, 6) is 0.900. The number of hydrogen-bond acceptors (Lipinski definition) is 3. The first-order valence-corrected chi connectivity index (χ1v) is 11.4. The van der Waals surface area contributed by atoms with Gasteiger partial charge in [-0.05, 0) is 55.0 Å². The predicted molar refractivity (Wildman–Crippen MR) is 124 cm³/mol. The Labute approximate surface area is 182 Å². The number of anilines is 1. The highest BCUT2D eigenvalue weighted by Gasteiger charge is 2.29. The second-order valence-electron chi connectivity index (χ2n) is 8.54. The van der Waals surface area contributed by atoms with E-state index < -0.39 is 0 Å². The third kappa shape index (κ3) is 4.46. The summed E-state index contributed by atoms with van der Waals surface area (Å²) in [4.78, 5) is 27.0. The van der Waals surface area contributed by atoms with Crippen molar-refractivity contribution in [2.45, 2.75) is 51.0 Å². The Morgan fingerprint density at radius 2 is 2.00 bits per heavy atom. The molecule has 156 valence electrons. The highest BCUT2D eigenvalue weighted by molar-refractivity contribution is 8.04. The SMILES string of the molecule is Cc1cccc(/C=C2/Sc3ccc(C(=O)NC4CCCC(C)C4C)cc3NC2=O)c1. The molecule has 2 amide bonds. The van der Waals surface area contributed by atoms with Crippen molar-refractivity contribution < 1.29 is 9.59 Å². The molecule has 0 radical (unpaired) electrons. The van der Waals surface area contributed by atoms with Crippen LogP contribution >= 0.6 is 11.8 Å². The number of nitrogens with one attached hydrogen (secondary N) is 2. The molecule has 2 aliphatic rings. The zero-order chi connectivity index (χ0) is 21.3. The zero-order valence-corrected chi connectivity index (χ0v) is 18.5. The average Bonchev–Trinajstić information content (AvgIpc) is 2.71. The molecule has 2 aromatic carbocycles. The van der Waals surface area contributed by atoms with E-state index in [-0.39, 0.29) is 17.9 Å². The number of thioether (sulfide) groups is 1. The number of rotatable bonds is 3. The summed E-state index contributed by atoms with van der Waals surface area (Å²) in [6, 6.07) is 13.8. The fraction of sp³-hybridized carbons (Fsp3) is 0.360. The lowest BCUT2D eigenvalue weighted by Gasteiger charge is -2.34. The van der Waals surface area contributed by atoms with Crippen LogP contribution in [0.3, 0.4) is 0 Å². The Morgan fingerprint density at radius 1 is 1.17 bits per heavy atom. The van der Waals surface area contributed by atoms with Gasteiger partial charge in [0.15, 0.2) is 0 Å². The zero-order valence-electron chi connectivity index (χ0n) is 17.7. The molecule has 5 heteroatoms. The van der Waals surface area contributed by atoms with Gasteiger partial charge in [-0.25, -0.2) is 0 Å². The fourth-order valence-corrected chi connectivity index (χ4v) is 5.18. The summed E-state index contributed by atoms with van der Waals surface area (Å²) in [6.45, 7) is 6.52. The molecular formula is C25H28N2O2S. The molecule has 0 spiro atoms. The van der Waals surface area contributed by atoms with Crippen LogP contribution in [0.2, 0.25) is 0 Å². The van der Waals surface area contributed by atoms with Crippen molar-refractivity contribution in [2.24, 2.45) is 11.8 Å². The monoisotopic (exact) mass is 420 g/mol. The maximum Gasteiger partial charge on any atom is 0.262 e. The summed E-state index contributed by atoms with van der Waals surface area (Å²) in [5, 5.41) is 6.16. The minimum atomic E-state index is -0.138. The Bertz CT molecular complexity index is 1010. The van der Waals surface area contributed by atoms with Crippen molar-refractivity contribution in [3.05, 3.63) is 64.1 Å². The molecule has 0 saturated heterocycles. The molecule has 3 atom stereocenters. The Balaban J connectivity index is 1.50. The predicted octanol–water partition coefficient (Wildman–Crippen LogP) is 5.63. The lowest BCUT2D eigenvalue weighted by atomic mass is 9.78. The molecule has 1 aliphatic carbocycles. The van der Waals surface area contributed by atoms with Gasteiger partial charge in [-0.3, -0.25) is 9.59 Å². The highest BCUT2D eigenvalue weighted by Crippen LogP contribution is 2.39. The number of hydrogen-bond donors (Lipinski definition) is 2. The molecule has 1 fully saturated rings. The van der Waals surface area contributed by atoms with Gasteiger partial charge >= 0.3 is 0 Å². The maximum absolute atomic E-state index is 12.8. The molecule has 4 rings (SSSR count). The van der Waals surface area contributed by atoms with Gasteiger partial charge in [-0.2, -0.15) is 0 Å². The van der Waals surface area contributed by atoms with E-state index in [1.165, 1.54) is 18.2 Å². The average molecular weight is 421 g/mol. The second kappa shape index (κ2) is 8.68. The van der Waals surface area contributed by atoms with Crippen molar-refractivity contribution in [1.82, 2.24) is 5.32 Å². The molecule has 0 bridgehead atoms. The van der Waals surface area contributed by atoms with Crippen molar-refractivity contribution >= 4 is 35.3 Å². The Hall–Kier alpha value is -2.53. The van der Waals surface area contributed by atoms with E-state index in [0.717, 1.165) is 28.9 Å². The van der Waals surface area contributed by atoms with Crippen LogP contribution in [0.5, 0.6) is 0 Å². The van der Waals surface area contributed by atoms with Crippen LogP contribution in [0.1, 0.15) is 54.6 Å². The summed E-state index contributed by atoms with van der Waals surface area (Å²) < 4.78 is 0. The van der Waals surface area contributed by atoms with Crippen LogP contribution in [-0.2, 0) is 4.79 Å². The first-order chi connectivity index (χ1) is 14.4. The standard InChI is InChI=1S/C25H28N2O2S/c1-15-6-4-8-18(12-15)13-23-25(29)27-21-14-19(10-11-22(21)30-23)24(28)26-20-9-5-7-16(2)17(20)3/h4,6,8,10-14,16-17,20H,5,7,9H2,1-3H3,(H,26,28)(H,27,29)/b23-13+. The fourth-order valence-electron chi connectivity index (χ4n) is 4.25. The lowest BCUT2D eigenvalue weighted by Crippen LogP contribution is -2.43. The number of aryl methyl sites for hydroxylation is 1. The minimum Gasteiger partial charge on any atom is -0.349 e. The first kappa shape index (κ1) is 20.7. The van der Waals surface area contributed by atoms with E-state index in [4.69, 9.17) is 0 Å². The molecule has 4 nitrogen and oxygen atoms in total. The molecule has 2 N–H and O–H groups in total. The molecule has 1 saturated carbocycles. The number of benzene rings is 2. The van der Waals surface area contributed by atoms with Crippen molar-refractivity contribution in [3.8, 4) is 0 Å². The van der Waals surface area contributed by atoms with Crippen LogP contribution < -0.4 is 10.6 Å². The molecule has 30 heavy (non-hydrogen) atoms. The quantitative estimate of drug-likeness (QED) is 0.632. The van der Waals surface area contributed by atoms with Crippen molar-refractivity contribution in [1.29, 1.82) is 0 Å². The molecule has 2 aromatic rings. The number of fused-ring (bicyclic) bond motifs is 1. The molecule has 1 heterocycles. The highest BCUT2D eigenvalue weighted by atomic mass is 32.2. The van der Waals surface area contributed by atoms with Gasteiger partial charge in [0.25, 0.3) is 11.8 Å². The van der Waals surface area contributed by atoms with Crippen molar-refractivity contribution in [3.63, 3.8) is 0 Å². The van der Waals surface area contributed by atoms with E-state index in [2.05, 4.69) is 30.5 Å². The third-order valence-corrected chi connectivity index (χ3v) is 7.40. The van der Waals surface area contributed by atoms with E-state index >= 15 is 0 Å². The first-order valence-electron chi connectivity index (χ1n) is 10.6. The summed E-state index contributed by atoms with van der Waals surface area (Å²) >= 11 is 1.44. The van der Waals surface area contributed by atoms with Crippen LogP contribution in [0.25, 0.3) is 6.08 Å². The number of amides is 2. The molecule has 0 aromatic heterocycles. The lowest BCUT2D eigenvalue weighted by molar-refractivity contribution is -0.112. The maximum atomic E-state index is 12.8. The normalized spacial score (nSPS) is 24.8. The second-order valence-corrected chi connectivity index (χ2v) is 9.62. The van der Waals surface area contributed by atoms with Crippen LogP contribution in [-0.4, -0.2) is 17.9 Å². The molecule has 1 aliphatic heterocycles. The van der Waals surface area contributed by atoms with E-state index in [0.29, 0.717) is 28.0 Å². The number of carbonyl (C=O) groups is 2. The van der Waals surface area contributed by atoms with Gasteiger partial charge in [0.2, 0.25) is 0 Å². The molecule has 3 unspecified atom stereocenters. The van der Waals surface area contributed by atoms with Gasteiger partial charge < -0.3 is 10.6 Å². The van der Waals surface area contributed by atoms with Crippen LogP contribution in [0, 0.1) is 18.8 Å². The van der Waals surface area contributed by atoms with Gasteiger partial charge in [-0.15, -0.1) is 0 Å². The van der Waals surface area contributed by atoms with Gasteiger partial charge in [-0.1, -0.05) is 68.3 Å². The molecular weight excluding hydrogens is 392 g/mol. The van der Waals surface area contributed by atoms with E-state index in [9.17, 15) is 9.59 Å². The van der Waals surface area contributed by atoms with Crippen molar-refractivity contribution in [2.75, 3.05) is 5.32 Å². The van der Waals surface area contributed by atoms with E-state index in [1.54, 1.807) is 6.07 Å². The van der Waals surface area contributed by atoms with Crippen LogP contribution in [0.15, 0.2) is 52.3 Å². The summed E-state index contributed by atoms with van der Waals surface area (Å²) in [7, 11) is 0. The van der Waals surface area contributed by atoms with Gasteiger partial charge in [0, 0.05) is 16.5 Å². The largest absolute Gasteiger partial charge is 0.349 e.